The molecule has 5 nitrogen and oxygen atoms in total. The summed E-state index contributed by atoms with van der Waals surface area (Å²) in [5.41, 5.74) is 1.02. The van der Waals surface area contributed by atoms with E-state index < -0.39 is 0 Å². The van der Waals surface area contributed by atoms with Crippen LogP contribution in [0.3, 0.4) is 0 Å². The van der Waals surface area contributed by atoms with E-state index in [1.807, 2.05) is 0 Å². The molecule has 118 valence electrons. The molecule has 0 N–H and O–H groups in total. The molecule has 1 unspecified atom stereocenters. The fourth-order valence-electron chi connectivity index (χ4n) is 3.17. The highest BCUT2D eigenvalue weighted by Gasteiger charge is 2.34. The van der Waals surface area contributed by atoms with Crippen molar-refractivity contribution in [3.8, 4) is 6.07 Å². The van der Waals surface area contributed by atoms with Crippen LogP contribution in [0.5, 0.6) is 0 Å². The molecule has 1 saturated carbocycles. The van der Waals surface area contributed by atoms with E-state index in [1.165, 1.54) is 12.1 Å². The van der Waals surface area contributed by atoms with Gasteiger partial charge in [-0.05, 0) is 50.4 Å². The summed E-state index contributed by atoms with van der Waals surface area (Å²) in [6.07, 6.45) is 4.23. The molecule has 1 atom stereocenters. The predicted octanol–water partition coefficient (Wildman–Crippen LogP) is 3.29. The second-order valence-electron chi connectivity index (χ2n) is 6.31. The summed E-state index contributed by atoms with van der Waals surface area (Å²) in [4.78, 5) is 6.70. The van der Waals surface area contributed by atoms with Gasteiger partial charge in [-0.25, -0.2) is 4.39 Å². The molecule has 4 rings (SSSR count). The van der Waals surface area contributed by atoms with Gasteiger partial charge in [0.25, 0.3) is 0 Å². The summed E-state index contributed by atoms with van der Waals surface area (Å²) in [7, 11) is 0. The van der Waals surface area contributed by atoms with Gasteiger partial charge in [0, 0.05) is 18.0 Å². The van der Waals surface area contributed by atoms with Gasteiger partial charge in [-0.1, -0.05) is 5.16 Å². The van der Waals surface area contributed by atoms with E-state index in [0.29, 0.717) is 29.4 Å². The minimum absolute atomic E-state index is 0.0661. The van der Waals surface area contributed by atoms with E-state index in [0.717, 1.165) is 38.1 Å². The topological polar surface area (TPSA) is 66.0 Å². The summed E-state index contributed by atoms with van der Waals surface area (Å²) >= 11 is 0. The second-order valence-corrected chi connectivity index (χ2v) is 6.31. The zero-order valence-corrected chi connectivity index (χ0v) is 12.7. The van der Waals surface area contributed by atoms with Gasteiger partial charge in [0.05, 0.1) is 17.7 Å². The molecule has 0 radical (unpaired) electrons. The van der Waals surface area contributed by atoms with Gasteiger partial charge in [0.15, 0.2) is 5.82 Å². The highest BCUT2D eigenvalue weighted by molar-refractivity contribution is 5.33. The number of hydrogen-bond acceptors (Lipinski definition) is 5. The minimum Gasteiger partial charge on any atom is -0.339 e. The molecule has 1 aliphatic carbocycles. The van der Waals surface area contributed by atoms with Crippen molar-refractivity contribution < 1.29 is 8.91 Å². The number of likely N-dealkylation sites (tertiary alicyclic amines) is 1. The molecule has 2 fully saturated rings. The van der Waals surface area contributed by atoms with Crippen molar-refractivity contribution in [2.75, 3.05) is 6.54 Å². The Hall–Kier alpha value is -2.26. The Morgan fingerprint density at radius 3 is 3.00 bits per heavy atom. The molecule has 23 heavy (non-hydrogen) atoms. The standard InChI is InChI=1S/C17H17FN4O/c18-14-6-3-11(9-19)8-13(14)10-22-7-1-2-15(22)16-20-17(23-21-16)12-4-5-12/h3,6,8,12,15H,1-2,4-5,7,10H2. The van der Waals surface area contributed by atoms with Gasteiger partial charge < -0.3 is 4.52 Å². The maximum atomic E-state index is 14.0. The highest BCUT2D eigenvalue weighted by Crippen LogP contribution is 2.40. The molecule has 2 heterocycles. The molecule has 0 spiro atoms. The maximum Gasteiger partial charge on any atom is 0.229 e. The van der Waals surface area contributed by atoms with Crippen LogP contribution >= 0.6 is 0 Å². The quantitative estimate of drug-likeness (QED) is 0.866. The van der Waals surface area contributed by atoms with E-state index >= 15 is 0 Å². The predicted molar refractivity (Wildman–Crippen MR) is 79.8 cm³/mol. The largest absolute Gasteiger partial charge is 0.339 e. The van der Waals surface area contributed by atoms with E-state index in [2.05, 4.69) is 21.1 Å². The number of nitriles is 1. The van der Waals surface area contributed by atoms with Gasteiger partial charge in [0.1, 0.15) is 5.82 Å². The van der Waals surface area contributed by atoms with E-state index in [9.17, 15) is 4.39 Å². The number of hydrogen-bond donors (Lipinski definition) is 0. The van der Waals surface area contributed by atoms with Crippen molar-refractivity contribution in [2.45, 2.75) is 44.2 Å². The lowest BCUT2D eigenvalue weighted by atomic mass is 10.1. The molecular formula is C17H17FN4O. The number of aromatic nitrogens is 2. The van der Waals surface area contributed by atoms with Crippen LogP contribution in [0.1, 0.15) is 60.5 Å². The zero-order valence-electron chi connectivity index (χ0n) is 12.7. The lowest BCUT2D eigenvalue weighted by Gasteiger charge is -2.22. The lowest BCUT2D eigenvalue weighted by molar-refractivity contribution is 0.231. The highest BCUT2D eigenvalue weighted by atomic mass is 19.1. The molecule has 1 aromatic heterocycles. The Morgan fingerprint density at radius 2 is 2.22 bits per heavy atom. The zero-order chi connectivity index (χ0) is 15.8. The SMILES string of the molecule is N#Cc1ccc(F)c(CN2CCCC2c2noc(C3CC3)n2)c1. The van der Waals surface area contributed by atoms with E-state index in [4.69, 9.17) is 9.78 Å². The van der Waals surface area contributed by atoms with E-state index in [1.54, 1.807) is 6.07 Å². The summed E-state index contributed by atoms with van der Waals surface area (Å²) in [6.45, 7) is 1.33. The van der Waals surface area contributed by atoms with Gasteiger partial charge in [-0.3, -0.25) is 4.90 Å². The van der Waals surface area contributed by atoms with Crippen LogP contribution in [0.15, 0.2) is 22.7 Å². The number of nitrogens with zero attached hydrogens (tertiary/aromatic N) is 4. The molecule has 2 aromatic rings. The third-order valence-corrected chi connectivity index (χ3v) is 4.59. The smallest absolute Gasteiger partial charge is 0.229 e. The minimum atomic E-state index is -0.276. The Morgan fingerprint density at radius 1 is 1.35 bits per heavy atom. The average Bonchev–Trinajstić information content (AvgIpc) is 3.12. The first kappa shape index (κ1) is 14.3. The van der Waals surface area contributed by atoms with Gasteiger partial charge >= 0.3 is 0 Å². The van der Waals surface area contributed by atoms with Crippen LogP contribution < -0.4 is 0 Å². The summed E-state index contributed by atoms with van der Waals surface area (Å²) in [5, 5.41) is 13.1. The molecule has 0 amide bonds. The fraction of sp³-hybridized carbons (Fsp3) is 0.471. The summed E-state index contributed by atoms with van der Waals surface area (Å²) in [6, 6.07) is 6.61. The first-order chi connectivity index (χ1) is 11.2. The Balaban J connectivity index is 1.54. The third kappa shape index (κ3) is 2.84. The van der Waals surface area contributed by atoms with Crippen molar-refractivity contribution in [1.29, 1.82) is 5.26 Å². The van der Waals surface area contributed by atoms with Crippen molar-refractivity contribution in [3.05, 3.63) is 46.9 Å². The van der Waals surface area contributed by atoms with Gasteiger partial charge in [-0.15, -0.1) is 0 Å². The Bertz CT molecular complexity index is 762. The van der Waals surface area contributed by atoms with Crippen LogP contribution in [0, 0.1) is 17.1 Å². The van der Waals surface area contributed by atoms with Crippen molar-refractivity contribution >= 4 is 0 Å². The maximum absolute atomic E-state index is 14.0. The molecule has 0 bridgehead atoms. The fourth-order valence-corrected chi connectivity index (χ4v) is 3.17. The van der Waals surface area contributed by atoms with Crippen LogP contribution in [0.4, 0.5) is 4.39 Å². The van der Waals surface area contributed by atoms with Crippen LogP contribution in [0.25, 0.3) is 0 Å². The van der Waals surface area contributed by atoms with Gasteiger partial charge in [-0.2, -0.15) is 10.2 Å². The molecule has 1 aliphatic heterocycles. The van der Waals surface area contributed by atoms with Crippen LogP contribution in [-0.4, -0.2) is 21.6 Å². The average molecular weight is 312 g/mol. The monoisotopic (exact) mass is 312 g/mol. The Labute approximate surface area is 133 Å². The van der Waals surface area contributed by atoms with Crippen molar-refractivity contribution in [3.63, 3.8) is 0 Å². The molecule has 1 aromatic carbocycles. The Kier molecular flexibility index (Phi) is 3.58. The summed E-state index contributed by atoms with van der Waals surface area (Å²) < 4.78 is 19.4. The molecule has 1 saturated heterocycles. The molecule has 6 heteroatoms. The van der Waals surface area contributed by atoms with Crippen LogP contribution in [-0.2, 0) is 6.54 Å². The van der Waals surface area contributed by atoms with Gasteiger partial charge in [0.2, 0.25) is 5.89 Å². The van der Waals surface area contributed by atoms with Crippen LogP contribution in [0.2, 0.25) is 0 Å². The normalized spacial score (nSPS) is 21.5. The van der Waals surface area contributed by atoms with Crippen molar-refractivity contribution in [2.24, 2.45) is 0 Å². The third-order valence-electron chi connectivity index (χ3n) is 4.59. The lowest BCUT2D eigenvalue weighted by Crippen LogP contribution is -2.24. The molecular weight excluding hydrogens is 295 g/mol. The number of rotatable bonds is 4. The van der Waals surface area contributed by atoms with E-state index in [-0.39, 0.29) is 11.9 Å². The first-order valence-corrected chi connectivity index (χ1v) is 8.00. The number of benzene rings is 1. The summed E-state index contributed by atoms with van der Waals surface area (Å²) in [5.74, 6) is 1.61. The molecule has 2 aliphatic rings. The first-order valence-electron chi connectivity index (χ1n) is 8.00. The van der Waals surface area contributed by atoms with Crippen molar-refractivity contribution in [1.82, 2.24) is 15.0 Å². The number of halogens is 1. The second kappa shape index (κ2) is 5.74.